The van der Waals surface area contributed by atoms with E-state index in [0.29, 0.717) is 28.8 Å². The number of carbonyl (C=O) groups excluding carboxylic acids is 2. The van der Waals surface area contributed by atoms with E-state index in [1.165, 1.54) is 17.3 Å². The molecular formula is C23H24N2O3S. The van der Waals surface area contributed by atoms with Crippen LogP contribution in [-0.2, 0) is 9.53 Å². The molecule has 0 aromatic heterocycles. The Kier molecular flexibility index (Phi) is 6.88. The average molecular weight is 409 g/mol. The van der Waals surface area contributed by atoms with Crippen molar-refractivity contribution >= 4 is 40.6 Å². The Bertz CT molecular complexity index is 947. The van der Waals surface area contributed by atoms with E-state index in [4.69, 9.17) is 4.74 Å². The van der Waals surface area contributed by atoms with Crippen LogP contribution in [0, 0.1) is 6.92 Å². The van der Waals surface area contributed by atoms with E-state index >= 15 is 0 Å². The number of hydrogen-bond donors (Lipinski definition) is 0. The summed E-state index contributed by atoms with van der Waals surface area (Å²) in [5.74, 6) is -0.392. The number of ether oxygens (including phenoxy) is 1. The maximum atomic E-state index is 12.9. The van der Waals surface area contributed by atoms with Crippen LogP contribution < -0.4 is 0 Å². The maximum Gasteiger partial charge on any atom is 0.338 e. The number of aryl methyl sites for hydroxylation is 1. The number of nitrogens with zero attached hydrogens (tertiary/aromatic N) is 2. The van der Waals surface area contributed by atoms with E-state index in [0.717, 1.165) is 17.7 Å². The molecule has 0 radical (unpaired) electrons. The summed E-state index contributed by atoms with van der Waals surface area (Å²) < 4.78 is 5.00. The number of hydrogen-bond acceptors (Lipinski definition) is 5. The van der Waals surface area contributed by atoms with Crippen LogP contribution in [0.4, 0.5) is 5.69 Å². The maximum absolute atomic E-state index is 12.9. The Morgan fingerprint density at radius 3 is 2.41 bits per heavy atom. The molecule has 0 spiro atoms. The molecule has 1 heterocycles. The van der Waals surface area contributed by atoms with Gasteiger partial charge in [0.1, 0.15) is 0 Å². The second kappa shape index (κ2) is 9.56. The van der Waals surface area contributed by atoms with Crippen LogP contribution in [0.15, 0.2) is 58.4 Å². The third-order valence-electron chi connectivity index (χ3n) is 4.31. The average Bonchev–Trinajstić information content (AvgIpc) is 2.99. The lowest BCUT2D eigenvalue weighted by molar-refractivity contribution is -0.122. The van der Waals surface area contributed by atoms with Gasteiger partial charge in [-0.2, -0.15) is 0 Å². The molecule has 5 nitrogen and oxygen atoms in total. The Hall–Kier alpha value is -2.86. The molecule has 0 saturated carbocycles. The number of amidine groups is 1. The van der Waals surface area contributed by atoms with Gasteiger partial charge in [0, 0.05) is 6.54 Å². The minimum absolute atomic E-state index is 0.0443. The third-order valence-corrected chi connectivity index (χ3v) is 5.32. The predicted octanol–water partition coefficient (Wildman–Crippen LogP) is 5.19. The van der Waals surface area contributed by atoms with E-state index in [1.807, 2.05) is 56.3 Å². The van der Waals surface area contributed by atoms with Gasteiger partial charge in [-0.3, -0.25) is 9.69 Å². The van der Waals surface area contributed by atoms with Crippen LogP contribution in [0.3, 0.4) is 0 Å². The van der Waals surface area contributed by atoms with Gasteiger partial charge in [-0.25, -0.2) is 9.79 Å². The number of amides is 1. The lowest BCUT2D eigenvalue weighted by Crippen LogP contribution is -2.29. The predicted molar refractivity (Wildman–Crippen MR) is 118 cm³/mol. The zero-order chi connectivity index (χ0) is 20.8. The van der Waals surface area contributed by atoms with Crippen LogP contribution in [-0.4, -0.2) is 35.1 Å². The van der Waals surface area contributed by atoms with Gasteiger partial charge in [0.05, 0.1) is 22.8 Å². The Balaban J connectivity index is 1.85. The summed E-state index contributed by atoms with van der Waals surface area (Å²) in [4.78, 5) is 31.7. The number of aliphatic imine (C=N–C) groups is 1. The molecule has 2 aromatic carbocycles. The highest BCUT2D eigenvalue weighted by Crippen LogP contribution is 2.34. The molecule has 0 aliphatic carbocycles. The van der Waals surface area contributed by atoms with Gasteiger partial charge in [0.15, 0.2) is 5.17 Å². The summed E-state index contributed by atoms with van der Waals surface area (Å²) in [6, 6.07) is 15.0. The van der Waals surface area contributed by atoms with Crippen molar-refractivity contribution in [1.82, 2.24) is 4.90 Å². The molecule has 1 amide bonds. The summed E-state index contributed by atoms with van der Waals surface area (Å²) in [5, 5.41) is 0.690. The molecule has 1 saturated heterocycles. The van der Waals surface area contributed by atoms with Crippen LogP contribution in [0.2, 0.25) is 0 Å². The normalized spacial score (nSPS) is 16.7. The molecule has 6 heteroatoms. The van der Waals surface area contributed by atoms with E-state index in [9.17, 15) is 9.59 Å². The molecule has 0 atom stereocenters. The minimum Gasteiger partial charge on any atom is -0.462 e. The van der Waals surface area contributed by atoms with Crippen molar-refractivity contribution in [2.75, 3.05) is 13.2 Å². The quantitative estimate of drug-likeness (QED) is 0.488. The lowest BCUT2D eigenvalue weighted by Gasteiger charge is -2.13. The molecule has 0 bridgehead atoms. The van der Waals surface area contributed by atoms with Gasteiger partial charge in [0.25, 0.3) is 5.91 Å². The van der Waals surface area contributed by atoms with Gasteiger partial charge < -0.3 is 4.74 Å². The topological polar surface area (TPSA) is 59.0 Å². The smallest absolute Gasteiger partial charge is 0.338 e. The van der Waals surface area contributed by atoms with Gasteiger partial charge >= 0.3 is 5.97 Å². The van der Waals surface area contributed by atoms with Crippen molar-refractivity contribution in [3.63, 3.8) is 0 Å². The fourth-order valence-electron chi connectivity index (χ4n) is 2.82. The van der Waals surface area contributed by atoms with Crippen molar-refractivity contribution in [2.45, 2.75) is 27.2 Å². The highest BCUT2D eigenvalue weighted by Gasteiger charge is 2.32. The van der Waals surface area contributed by atoms with Gasteiger partial charge in [0.2, 0.25) is 0 Å². The summed E-state index contributed by atoms with van der Waals surface area (Å²) in [7, 11) is 0. The van der Waals surface area contributed by atoms with Crippen LogP contribution >= 0.6 is 11.8 Å². The summed E-state index contributed by atoms with van der Waals surface area (Å²) in [6.07, 6.45) is 2.68. The van der Waals surface area contributed by atoms with Crippen LogP contribution in [0.5, 0.6) is 0 Å². The molecule has 0 N–H and O–H groups in total. The monoisotopic (exact) mass is 408 g/mol. The molecule has 150 valence electrons. The van der Waals surface area contributed by atoms with E-state index < -0.39 is 0 Å². The fourth-order valence-corrected chi connectivity index (χ4v) is 3.85. The molecule has 0 unspecified atom stereocenters. The van der Waals surface area contributed by atoms with Gasteiger partial charge in [-0.05, 0) is 67.9 Å². The molecule has 1 fully saturated rings. The van der Waals surface area contributed by atoms with Crippen molar-refractivity contribution < 1.29 is 14.3 Å². The highest BCUT2D eigenvalue weighted by atomic mass is 32.2. The molecule has 2 aromatic rings. The number of carbonyl (C=O) groups is 2. The third kappa shape index (κ3) is 5.15. The van der Waals surface area contributed by atoms with Gasteiger partial charge in [-0.1, -0.05) is 36.8 Å². The Morgan fingerprint density at radius 2 is 1.79 bits per heavy atom. The largest absolute Gasteiger partial charge is 0.462 e. The second-order valence-corrected chi connectivity index (χ2v) is 7.65. The second-order valence-electron chi connectivity index (χ2n) is 6.64. The molecular weight excluding hydrogens is 384 g/mol. The fraction of sp³-hybridized carbons (Fsp3) is 0.261. The zero-order valence-electron chi connectivity index (χ0n) is 16.8. The van der Waals surface area contributed by atoms with Crippen LogP contribution in [0.1, 0.15) is 41.8 Å². The van der Waals surface area contributed by atoms with E-state index in [-0.39, 0.29) is 11.9 Å². The first-order valence-corrected chi connectivity index (χ1v) is 10.5. The first kappa shape index (κ1) is 20.9. The minimum atomic E-state index is -0.348. The van der Waals surface area contributed by atoms with Crippen molar-refractivity contribution in [3.05, 3.63) is 70.1 Å². The van der Waals surface area contributed by atoms with Crippen LogP contribution in [0.25, 0.3) is 6.08 Å². The Labute approximate surface area is 175 Å². The lowest BCUT2D eigenvalue weighted by atomic mass is 10.1. The van der Waals surface area contributed by atoms with Crippen molar-refractivity contribution in [2.24, 2.45) is 4.99 Å². The van der Waals surface area contributed by atoms with Gasteiger partial charge in [-0.15, -0.1) is 0 Å². The summed E-state index contributed by atoms with van der Waals surface area (Å²) >= 11 is 1.38. The summed E-state index contributed by atoms with van der Waals surface area (Å²) in [6.45, 7) is 6.80. The number of rotatable bonds is 6. The Morgan fingerprint density at radius 1 is 1.10 bits per heavy atom. The number of benzene rings is 2. The first-order valence-electron chi connectivity index (χ1n) is 9.65. The SMILES string of the molecule is CCCN1C(=O)/C(=C\c2ccc(C(=O)OCC)cc2)SC1=Nc1ccc(C)cc1. The van der Waals surface area contributed by atoms with E-state index in [1.54, 1.807) is 24.0 Å². The van der Waals surface area contributed by atoms with Crippen molar-refractivity contribution in [1.29, 1.82) is 0 Å². The number of thioether (sulfide) groups is 1. The standard InChI is InChI=1S/C23H24N2O3S/c1-4-14-25-21(26)20(29-23(25)24-19-12-6-16(3)7-13-19)15-17-8-10-18(11-9-17)22(27)28-5-2/h6-13,15H,4-5,14H2,1-3H3/b20-15+,24-23?. The summed E-state index contributed by atoms with van der Waals surface area (Å²) in [5.41, 5.74) is 3.34. The molecule has 1 aliphatic rings. The molecule has 29 heavy (non-hydrogen) atoms. The highest BCUT2D eigenvalue weighted by molar-refractivity contribution is 8.18. The molecule has 3 rings (SSSR count). The first-order chi connectivity index (χ1) is 14.0. The van der Waals surface area contributed by atoms with Crippen molar-refractivity contribution in [3.8, 4) is 0 Å². The number of esters is 1. The molecule has 1 aliphatic heterocycles. The zero-order valence-corrected chi connectivity index (χ0v) is 17.7. The van der Waals surface area contributed by atoms with E-state index in [2.05, 4.69) is 4.99 Å².